The molecule has 2 rings (SSSR count). The summed E-state index contributed by atoms with van der Waals surface area (Å²) in [4.78, 5) is 23.1. The Labute approximate surface area is 213 Å². The van der Waals surface area contributed by atoms with E-state index in [2.05, 4.69) is 27.0 Å². The van der Waals surface area contributed by atoms with E-state index in [1.165, 1.54) is 0 Å². The van der Waals surface area contributed by atoms with Crippen LogP contribution >= 0.6 is 0 Å². The molecule has 2 aromatic rings. The lowest BCUT2D eigenvalue weighted by Gasteiger charge is -2.27. The van der Waals surface area contributed by atoms with E-state index in [1.54, 1.807) is 13.8 Å². The third kappa shape index (κ3) is 8.57. The fourth-order valence-corrected chi connectivity index (χ4v) is 3.22. The van der Waals surface area contributed by atoms with Gasteiger partial charge in [-0.25, -0.2) is 9.59 Å². The predicted molar refractivity (Wildman–Crippen MR) is 138 cm³/mol. The highest BCUT2D eigenvalue weighted by Gasteiger charge is 2.23. The van der Waals surface area contributed by atoms with E-state index in [-0.39, 0.29) is 25.2 Å². The van der Waals surface area contributed by atoms with Gasteiger partial charge in [-0.1, -0.05) is 51.3 Å². The minimum absolute atomic E-state index is 0.0302. The average Bonchev–Trinajstić information content (AvgIpc) is 2.85. The third-order valence-corrected chi connectivity index (χ3v) is 5.40. The molecule has 2 aromatic carbocycles. The molecule has 0 aliphatic heterocycles. The standard InChI is InChI=1S/C29H36O7/c1-8-32-26(19-35-28(31)21(4)5)36-25-15-11-23(12-16-25)29(6,7)22-9-13-24(14-10-22)33-17-18-34-27(30)20(2)3/h9-16,26H,2,4,8,17-19H2,1,3,5-7H3. The highest BCUT2D eigenvalue weighted by atomic mass is 16.7. The van der Waals surface area contributed by atoms with Crippen molar-refractivity contribution in [3.63, 3.8) is 0 Å². The first-order chi connectivity index (χ1) is 17.0. The SMILES string of the molecule is C=C(C)C(=O)OCCOc1ccc(C(C)(C)c2ccc(OC(COC(=O)C(=C)C)OCC)cc2)cc1. The maximum atomic E-state index is 11.7. The molecular formula is C29H36O7. The zero-order valence-corrected chi connectivity index (χ0v) is 21.8. The van der Waals surface area contributed by atoms with Gasteiger partial charge >= 0.3 is 11.9 Å². The molecule has 0 radical (unpaired) electrons. The molecule has 0 aliphatic carbocycles. The number of hydrogen-bond donors (Lipinski definition) is 0. The summed E-state index contributed by atoms with van der Waals surface area (Å²) in [6.45, 7) is 17.2. The summed E-state index contributed by atoms with van der Waals surface area (Å²) in [5.74, 6) is 0.393. The molecule has 7 heteroatoms. The van der Waals surface area contributed by atoms with Gasteiger partial charge in [0.2, 0.25) is 6.29 Å². The fourth-order valence-electron chi connectivity index (χ4n) is 3.22. The van der Waals surface area contributed by atoms with E-state index in [1.807, 2.05) is 55.5 Å². The van der Waals surface area contributed by atoms with Gasteiger partial charge in [-0.2, -0.15) is 0 Å². The summed E-state index contributed by atoms with van der Waals surface area (Å²) in [5.41, 5.74) is 2.61. The van der Waals surface area contributed by atoms with Gasteiger partial charge in [0, 0.05) is 23.2 Å². The van der Waals surface area contributed by atoms with Crippen LogP contribution in [0, 0.1) is 0 Å². The molecule has 0 saturated carbocycles. The van der Waals surface area contributed by atoms with Crippen LogP contribution in [0.1, 0.15) is 45.7 Å². The first-order valence-electron chi connectivity index (χ1n) is 11.8. The first-order valence-corrected chi connectivity index (χ1v) is 11.8. The quantitative estimate of drug-likeness (QED) is 0.151. The summed E-state index contributed by atoms with van der Waals surface area (Å²) < 4.78 is 27.3. The van der Waals surface area contributed by atoms with Crippen LogP contribution in [0.4, 0.5) is 0 Å². The molecule has 1 unspecified atom stereocenters. The highest BCUT2D eigenvalue weighted by molar-refractivity contribution is 5.87. The van der Waals surface area contributed by atoms with Gasteiger partial charge in [0.25, 0.3) is 0 Å². The van der Waals surface area contributed by atoms with Crippen LogP contribution in [0.3, 0.4) is 0 Å². The lowest BCUT2D eigenvalue weighted by molar-refractivity contribution is -0.155. The van der Waals surface area contributed by atoms with Gasteiger partial charge in [0.1, 0.15) is 24.7 Å². The summed E-state index contributed by atoms with van der Waals surface area (Å²) in [6, 6.07) is 15.6. The van der Waals surface area contributed by atoms with E-state index >= 15 is 0 Å². The molecule has 36 heavy (non-hydrogen) atoms. The van der Waals surface area contributed by atoms with E-state index in [0.29, 0.717) is 29.3 Å². The van der Waals surface area contributed by atoms with E-state index in [9.17, 15) is 9.59 Å². The first kappa shape index (κ1) is 28.7. The Balaban J connectivity index is 1.97. The van der Waals surface area contributed by atoms with Crippen molar-refractivity contribution in [2.24, 2.45) is 0 Å². The number of rotatable bonds is 14. The minimum atomic E-state index is -0.714. The largest absolute Gasteiger partial charge is 0.490 e. The van der Waals surface area contributed by atoms with Crippen LogP contribution in [0.2, 0.25) is 0 Å². The van der Waals surface area contributed by atoms with Crippen molar-refractivity contribution in [3.05, 3.63) is 84.0 Å². The van der Waals surface area contributed by atoms with Gasteiger partial charge in [0.15, 0.2) is 6.61 Å². The maximum Gasteiger partial charge on any atom is 0.333 e. The van der Waals surface area contributed by atoms with Crippen LogP contribution < -0.4 is 9.47 Å². The molecule has 0 amide bonds. The number of ether oxygens (including phenoxy) is 5. The second-order valence-electron chi connectivity index (χ2n) is 8.82. The molecule has 0 spiro atoms. The fraction of sp³-hybridized carbons (Fsp3) is 0.379. The van der Waals surface area contributed by atoms with Crippen LogP contribution in [0.5, 0.6) is 11.5 Å². The summed E-state index contributed by atoms with van der Waals surface area (Å²) in [7, 11) is 0. The lowest BCUT2D eigenvalue weighted by atomic mass is 9.78. The predicted octanol–water partition coefficient (Wildman–Crippen LogP) is 5.37. The Kier molecular flexibility index (Phi) is 10.7. The smallest absolute Gasteiger partial charge is 0.333 e. The molecule has 0 N–H and O–H groups in total. The maximum absolute atomic E-state index is 11.7. The van der Waals surface area contributed by atoms with Crippen molar-refractivity contribution in [1.82, 2.24) is 0 Å². The minimum Gasteiger partial charge on any atom is -0.490 e. The second kappa shape index (κ2) is 13.5. The number of esters is 2. The Bertz CT molecular complexity index is 1040. The van der Waals surface area contributed by atoms with Gasteiger partial charge < -0.3 is 23.7 Å². The molecule has 0 fully saturated rings. The van der Waals surface area contributed by atoms with E-state index < -0.39 is 18.2 Å². The van der Waals surface area contributed by atoms with Crippen LogP contribution in [0.25, 0.3) is 0 Å². The molecule has 194 valence electrons. The highest BCUT2D eigenvalue weighted by Crippen LogP contribution is 2.33. The number of carbonyl (C=O) groups is 2. The topological polar surface area (TPSA) is 80.3 Å². The molecule has 0 aromatic heterocycles. The Morgan fingerprint density at radius 3 is 1.81 bits per heavy atom. The monoisotopic (exact) mass is 496 g/mol. The molecule has 0 aliphatic rings. The molecule has 0 saturated heterocycles. The Morgan fingerprint density at radius 2 is 1.31 bits per heavy atom. The number of carbonyl (C=O) groups excluding carboxylic acids is 2. The summed E-state index contributed by atoms with van der Waals surface area (Å²) in [5, 5.41) is 0. The van der Waals surface area contributed by atoms with Crippen LogP contribution in [-0.2, 0) is 29.2 Å². The van der Waals surface area contributed by atoms with E-state index in [0.717, 1.165) is 11.1 Å². The number of hydrogen-bond acceptors (Lipinski definition) is 7. The zero-order chi connectivity index (χ0) is 26.7. The third-order valence-electron chi connectivity index (χ3n) is 5.40. The second-order valence-corrected chi connectivity index (χ2v) is 8.82. The summed E-state index contributed by atoms with van der Waals surface area (Å²) in [6.07, 6.45) is -0.714. The molecule has 7 nitrogen and oxygen atoms in total. The van der Waals surface area contributed by atoms with Gasteiger partial charge in [-0.3, -0.25) is 0 Å². The molecule has 0 bridgehead atoms. The van der Waals surface area contributed by atoms with Gasteiger partial charge in [-0.15, -0.1) is 0 Å². The van der Waals surface area contributed by atoms with Gasteiger partial charge in [-0.05, 0) is 56.2 Å². The van der Waals surface area contributed by atoms with Crippen molar-refractivity contribution < 1.29 is 33.3 Å². The number of benzene rings is 2. The zero-order valence-electron chi connectivity index (χ0n) is 21.8. The van der Waals surface area contributed by atoms with Crippen molar-refractivity contribution >= 4 is 11.9 Å². The average molecular weight is 497 g/mol. The van der Waals surface area contributed by atoms with Gasteiger partial charge in [0.05, 0.1) is 0 Å². The van der Waals surface area contributed by atoms with Crippen LogP contribution in [-0.4, -0.2) is 44.7 Å². The Hall–Kier alpha value is -3.58. The molecular weight excluding hydrogens is 460 g/mol. The van der Waals surface area contributed by atoms with Crippen molar-refractivity contribution in [2.45, 2.75) is 46.3 Å². The molecule has 0 heterocycles. The normalized spacial score (nSPS) is 11.8. The Morgan fingerprint density at radius 1 is 0.806 bits per heavy atom. The van der Waals surface area contributed by atoms with Crippen molar-refractivity contribution in [1.29, 1.82) is 0 Å². The molecule has 1 atom stereocenters. The van der Waals surface area contributed by atoms with Crippen molar-refractivity contribution in [3.8, 4) is 11.5 Å². The van der Waals surface area contributed by atoms with Crippen molar-refractivity contribution in [2.75, 3.05) is 26.4 Å². The van der Waals surface area contributed by atoms with Crippen LogP contribution in [0.15, 0.2) is 72.8 Å². The lowest BCUT2D eigenvalue weighted by Crippen LogP contribution is -2.28. The van der Waals surface area contributed by atoms with E-state index in [4.69, 9.17) is 23.7 Å². The summed E-state index contributed by atoms with van der Waals surface area (Å²) >= 11 is 0.